The van der Waals surface area contributed by atoms with Crippen molar-refractivity contribution in [2.24, 2.45) is 23.7 Å². The van der Waals surface area contributed by atoms with E-state index < -0.39 is 38.2 Å². The minimum atomic E-state index is -3.99. The first kappa shape index (κ1) is 27.0. The number of benzene rings is 2. The van der Waals surface area contributed by atoms with Crippen LogP contribution in [0.25, 0.3) is 0 Å². The number of fused-ring (bicyclic) bond motifs is 2. The van der Waals surface area contributed by atoms with Crippen LogP contribution in [0.5, 0.6) is 0 Å². The van der Waals surface area contributed by atoms with E-state index in [1.54, 1.807) is 0 Å². The van der Waals surface area contributed by atoms with Crippen molar-refractivity contribution in [3.05, 3.63) is 58.6 Å². The number of rotatable bonds is 7. The van der Waals surface area contributed by atoms with Crippen LogP contribution in [-0.2, 0) is 14.6 Å². The molecule has 5 atom stereocenters. The Morgan fingerprint density at radius 1 is 1.08 bits per heavy atom. The van der Waals surface area contributed by atoms with Crippen molar-refractivity contribution in [3.63, 3.8) is 0 Å². The molecule has 5 rings (SSSR count). The van der Waals surface area contributed by atoms with Crippen LogP contribution >= 0.6 is 11.6 Å². The quantitative estimate of drug-likeness (QED) is 0.462. The van der Waals surface area contributed by atoms with Gasteiger partial charge in [-0.15, -0.1) is 0 Å². The summed E-state index contributed by atoms with van der Waals surface area (Å²) < 4.78 is 54.3. The van der Waals surface area contributed by atoms with Crippen LogP contribution in [0.1, 0.15) is 49.4 Å². The highest BCUT2D eigenvalue weighted by molar-refractivity contribution is 7.92. The average molecular weight is 567 g/mol. The Bertz CT molecular complexity index is 1400. The molecule has 3 aliphatic rings. The normalized spacial score (nSPS) is 28.7. The van der Waals surface area contributed by atoms with Crippen LogP contribution in [0.3, 0.4) is 0 Å². The van der Waals surface area contributed by atoms with Gasteiger partial charge in [-0.25, -0.2) is 17.2 Å². The van der Waals surface area contributed by atoms with E-state index in [0.29, 0.717) is 6.42 Å². The molecule has 0 saturated heterocycles. The number of aliphatic hydroxyl groups is 1. The molecule has 2 amide bonds. The van der Waals surface area contributed by atoms with E-state index in [9.17, 15) is 31.9 Å². The molecule has 3 fully saturated rings. The van der Waals surface area contributed by atoms with Gasteiger partial charge in [-0.1, -0.05) is 18.5 Å². The maximum Gasteiger partial charge on any atom is 0.255 e. The van der Waals surface area contributed by atoms with Crippen LogP contribution in [0.2, 0.25) is 5.02 Å². The van der Waals surface area contributed by atoms with E-state index in [2.05, 4.69) is 10.6 Å². The molecule has 0 aliphatic heterocycles. The van der Waals surface area contributed by atoms with Crippen molar-refractivity contribution in [3.8, 4) is 0 Å². The fourth-order valence-electron chi connectivity index (χ4n) is 6.11. The zero-order valence-corrected chi connectivity index (χ0v) is 22.3. The van der Waals surface area contributed by atoms with Crippen molar-refractivity contribution in [2.45, 2.75) is 54.8 Å². The fraction of sp³-hybridized carbons (Fsp3) is 0.481. The van der Waals surface area contributed by atoms with E-state index in [0.717, 1.165) is 25.0 Å². The molecule has 3 N–H and O–H groups in total. The highest BCUT2D eigenvalue weighted by Crippen LogP contribution is 2.54. The standard InChI is InChI=1S/C27H29ClF2N2O5S/c1-14-8-17-10-19(12-20(14)27(17,35)13-31-25(33)15-2-3-15)38(36,37)24-9-16(4-6-21(24)28)26(34)32-18-5-7-22(29)23(30)11-18/h4-7,9,11,14-15,17,19-20,35H,2-3,8,10,12-13H2,1H3,(H,31,33)(H,32,34)/t14-,17?,19+,20+,27+/m0/s1. The van der Waals surface area contributed by atoms with Crippen molar-refractivity contribution in [1.82, 2.24) is 5.32 Å². The second kappa shape index (κ2) is 9.88. The molecule has 204 valence electrons. The second-order valence-electron chi connectivity index (χ2n) is 10.9. The molecule has 2 bridgehead atoms. The lowest BCUT2D eigenvalue weighted by molar-refractivity contribution is -0.125. The van der Waals surface area contributed by atoms with Gasteiger partial charge in [0.25, 0.3) is 5.91 Å². The Hall–Kier alpha value is -2.56. The second-order valence-corrected chi connectivity index (χ2v) is 13.5. The summed E-state index contributed by atoms with van der Waals surface area (Å²) in [6.45, 7) is 2.10. The SMILES string of the molecule is C[C@H]1CC2C[C@@H](S(=O)(=O)c3cc(C(=O)Nc4ccc(F)c(F)c4)ccc3Cl)C[C@H]1[C@@]2(O)CNC(=O)C1CC1. The minimum Gasteiger partial charge on any atom is -0.387 e. The van der Waals surface area contributed by atoms with Gasteiger partial charge in [-0.2, -0.15) is 0 Å². The summed E-state index contributed by atoms with van der Waals surface area (Å²) >= 11 is 6.30. The monoisotopic (exact) mass is 566 g/mol. The zero-order chi connectivity index (χ0) is 27.4. The molecule has 1 unspecified atom stereocenters. The number of nitrogens with one attached hydrogen (secondary N) is 2. The van der Waals surface area contributed by atoms with Gasteiger partial charge in [0.1, 0.15) is 0 Å². The largest absolute Gasteiger partial charge is 0.387 e. The average Bonchev–Trinajstić information content (AvgIpc) is 3.70. The van der Waals surface area contributed by atoms with Gasteiger partial charge in [0, 0.05) is 29.8 Å². The van der Waals surface area contributed by atoms with Crippen LogP contribution in [0.15, 0.2) is 41.3 Å². The molecule has 2 aromatic carbocycles. The fourth-order valence-corrected chi connectivity index (χ4v) is 8.49. The summed E-state index contributed by atoms with van der Waals surface area (Å²) in [6, 6.07) is 6.75. The zero-order valence-electron chi connectivity index (χ0n) is 20.7. The molecule has 3 aliphatic carbocycles. The van der Waals surface area contributed by atoms with Gasteiger partial charge < -0.3 is 15.7 Å². The smallest absolute Gasteiger partial charge is 0.255 e. The van der Waals surface area contributed by atoms with E-state index in [-0.39, 0.29) is 70.1 Å². The first-order valence-electron chi connectivity index (χ1n) is 12.7. The van der Waals surface area contributed by atoms with Crippen LogP contribution in [-0.4, -0.2) is 42.7 Å². The van der Waals surface area contributed by atoms with E-state index in [1.165, 1.54) is 24.3 Å². The van der Waals surface area contributed by atoms with Gasteiger partial charge in [-0.05, 0) is 80.2 Å². The molecule has 11 heteroatoms. The molecule has 0 radical (unpaired) electrons. The highest BCUT2D eigenvalue weighted by Gasteiger charge is 2.58. The lowest BCUT2D eigenvalue weighted by Crippen LogP contribution is -2.55. The summed E-state index contributed by atoms with van der Waals surface area (Å²) in [4.78, 5) is 24.8. The third-order valence-corrected chi connectivity index (χ3v) is 11.0. The number of amides is 2. The molecule has 2 aromatic rings. The van der Waals surface area contributed by atoms with Crippen LogP contribution in [0, 0.1) is 35.3 Å². The van der Waals surface area contributed by atoms with Crippen molar-refractivity contribution in [1.29, 1.82) is 0 Å². The van der Waals surface area contributed by atoms with Gasteiger partial charge in [0.05, 0.1) is 20.8 Å². The Kier molecular flexibility index (Phi) is 7.02. The predicted octanol–water partition coefficient (Wildman–Crippen LogP) is 4.34. The molecule has 0 aromatic heterocycles. The molecule has 0 spiro atoms. The summed E-state index contributed by atoms with van der Waals surface area (Å²) in [5, 5.41) is 16.0. The molecule has 3 saturated carbocycles. The predicted molar refractivity (Wildman–Crippen MR) is 137 cm³/mol. The van der Waals surface area contributed by atoms with Gasteiger partial charge in [0.2, 0.25) is 5.91 Å². The van der Waals surface area contributed by atoms with Crippen molar-refractivity contribution < 1.29 is 31.9 Å². The Balaban J connectivity index is 1.35. The topological polar surface area (TPSA) is 113 Å². The lowest BCUT2D eigenvalue weighted by atomic mass is 9.73. The molecule has 38 heavy (non-hydrogen) atoms. The van der Waals surface area contributed by atoms with E-state index >= 15 is 0 Å². The van der Waals surface area contributed by atoms with Crippen molar-refractivity contribution >= 4 is 38.9 Å². The summed E-state index contributed by atoms with van der Waals surface area (Å²) in [6.07, 6.45) is 2.77. The van der Waals surface area contributed by atoms with E-state index in [1.807, 2.05) is 6.92 Å². The van der Waals surface area contributed by atoms with Crippen LogP contribution < -0.4 is 10.6 Å². The Morgan fingerprint density at radius 3 is 2.47 bits per heavy atom. The van der Waals surface area contributed by atoms with Gasteiger partial charge in [-0.3, -0.25) is 9.59 Å². The maximum atomic E-state index is 13.8. The number of hydrogen-bond donors (Lipinski definition) is 3. The third kappa shape index (κ3) is 4.94. The first-order valence-corrected chi connectivity index (χ1v) is 14.6. The van der Waals surface area contributed by atoms with Crippen molar-refractivity contribution in [2.75, 3.05) is 11.9 Å². The number of hydrogen-bond acceptors (Lipinski definition) is 5. The summed E-state index contributed by atoms with van der Waals surface area (Å²) in [7, 11) is -3.99. The summed E-state index contributed by atoms with van der Waals surface area (Å²) in [5.74, 6) is -3.50. The molecular weight excluding hydrogens is 538 g/mol. The lowest BCUT2D eigenvalue weighted by Gasteiger charge is -2.43. The van der Waals surface area contributed by atoms with Crippen LogP contribution in [0.4, 0.5) is 14.5 Å². The third-order valence-electron chi connectivity index (χ3n) is 8.37. The number of halogens is 3. The molecular formula is C27H29ClF2N2O5S. The Labute approximate surface area is 224 Å². The number of sulfone groups is 1. The minimum absolute atomic E-state index is 0.0100. The maximum absolute atomic E-state index is 13.8. The Morgan fingerprint density at radius 2 is 1.82 bits per heavy atom. The molecule has 0 heterocycles. The number of anilines is 1. The first-order chi connectivity index (χ1) is 17.9. The number of carbonyl (C=O) groups excluding carboxylic acids is 2. The van der Waals surface area contributed by atoms with Gasteiger partial charge >= 0.3 is 0 Å². The van der Waals surface area contributed by atoms with E-state index in [4.69, 9.17) is 11.6 Å². The molecule has 7 nitrogen and oxygen atoms in total. The summed E-state index contributed by atoms with van der Waals surface area (Å²) in [5.41, 5.74) is -1.17. The van der Waals surface area contributed by atoms with Gasteiger partial charge in [0.15, 0.2) is 21.5 Å². The number of carbonyl (C=O) groups is 2. The highest BCUT2D eigenvalue weighted by atomic mass is 35.5.